The highest BCUT2D eigenvalue weighted by molar-refractivity contribution is 6.06. The van der Waals surface area contributed by atoms with Crippen LogP contribution in [-0.4, -0.2) is 39.7 Å². The molecular weight excluding hydrogens is 280 g/mol. The number of carbonyl (C=O) groups excluding carboxylic acids is 2. The number of anilines is 1. The number of amides is 2. The second-order valence-corrected chi connectivity index (χ2v) is 4.62. The molecule has 1 N–H and O–H groups in total. The van der Waals surface area contributed by atoms with Gasteiger partial charge in [-0.1, -0.05) is 0 Å². The van der Waals surface area contributed by atoms with E-state index in [4.69, 9.17) is 4.42 Å². The maximum absolute atomic E-state index is 11.8. The number of hydrogen-bond donors (Lipinski definition) is 1. The normalized spacial score (nSPS) is 18.5. The Kier molecular flexibility index (Phi) is 2.82. The van der Waals surface area contributed by atoms with E-state index >= 15 is 0 Å². The number of carbonyl (C=O) groups is 2. The molecule has 2 amide bonds. The lowest BCUT2D eigenvalue weighted by Gasteiger charge is -2.08. The zero-order valence-electron chi connectivity index (χ0n) is 10.9. The summed E-state index contributed by atoms with van der Waals surface area (Å²) >= 11 is 0. The average molecular weight is 290 g/mol. The van der Waals surface area contributed by atoms with Gasteiger partial charge >= 0.3 is 0 Å². The maximum atomic E-state index is 11.8. The summed E-state index contributed by atoms with van der Waals surface area (Å²) in [7, 11) is 1.40. The third kappa shape index (κ3) is 2.18. The topological polar surface area (TPSA) is 119 Å². The molecule has 1 aromatic carbocycles. The van der Waals surface area contributed by atoms with Gasteiger partial charge in [0.1, 0.15) is 11.6 Å². The summed E-state index contributed by atoms with van der Waals surface area (Å²) in [5.41, 5.74) is 0.555. The molecule has 2 aromatic rings. The van der Waals surface area contributed by atoms with Crippen LogP contribution in [0, 0.1) is 10.1 Å². The van der Waals surface area contributed by atoms with Crippen LogP contribution in [0.25, 0.3) is 11.1 Å². The third-order valence-corrected chi connectivity index (χ3v) is 3.26. The largest absolute Gasteiger partial charge is 0.424 e. The quantitative estimate of drug-likeness (QED) is 0.506. The zero-order valence-corrected chi connectivity index (χ0v) is 10.9. The minimum atomic E-state index is -0.731. The summed E-state index contributed by atoms with van der Waals surface area (Å²) in [5, 5.41) is 13.4. The lowest BCUT2D eigenvalue weighted by atomic mass is 10.2. The van der Waals surface area contributed by atoms with Crippen molar-refractivity contribution in [1.29, 1.82) is 0 Å². The van der Waals surface area contributed by atoms with Crippen LogP contribution >= 0.6 is 0 Å². The van der Waals surface area contributed by atoms with Crippen molar-refractivity contribution in [3.05, 3.63) is 28.3 Å². The molecule has 0 saturated carbocycles. The molecule has 9 heteroatoms. The molecule has 0 spiro atoms. The Hall–Kier alpha value is -2.97. The molecule has 108 valence electrons. The molecule has 3 rings (SSSR count). The second kappa shape index (κ2) is 4.54. The number of hydrogen-bond acceptors (Lipinski definition) is 7. The van der Waals surface area contributed by atoms with E-state index < -0.39 is 11.0 Å². The van der Waals surface area contributed by atoms with Crippen molar-refractivity contribution in [3.63, 3.8) is 0 Å². The molecule has 0 bridgehead atoms. The Balaban J connectivity index is 1.87. The summed E-state index contributed by atoms with van der Waals surface area (Å²) in [4.78, 5) is 38.4. The van der Waals surface area contributed by atoms with E-state index in [0.29, 0.717) is 11.1 Å². The molecule has 1 aliphatic heterocycles. The van der Waals surface area contributed by atoms with Crippen LogP contribution in [0.3, 0.4) is 0 Å². The molecule has 0 aliphatic carbocycles. The molecule has 9 nitrogen and oxygen atoms in total. The van der Waals surface area contributed by atoms with E-state index in [1.54, 1.807) is 0 Å². The van der Waals surface area contributed by atoms with Crippen molar-refractivity contribution < 1.29 is 18.9 Å². The monoisotopic (exact) mass is 290 g/mol. The third-order valence-electron chi connectivity index (χ3n) is 3.26. The predicted molar refractivity (Wildman–Crippen MR) is 70.5 cm³/mol. The molecule has 1 fully saturated rings. The smallest absolute Gasteiger partial charge is 0.296 e. The van der Waals surface area contributed by atoms with Crippen LogP contribution < -0.4 is 5.32 Å². The van der Waals surface area contributed by atoms with Gasteiger partial charge in [0, 0.05) is 19.2 Å². The first kappa shape index (κ1) is 13.0. The Bertz CT molecular complexity index is 768. The number of nitro benzene ring substituents is 1. The molecule has 21 heavy (non-hydrogen) atoms. The van der Waals surface area contributed by atoms with E-state index in [2.05, 4.69) is 10.3 Å². The number of oxazole rings is 1. The van der Waals surface area contributed by atoms with E-state index in [0.717, 1.165) is 4.90 Å². The summed E-state index contributed by atoms with van der Waals surface area (Å²) in [6.45, 7) is 0. The molecule has 1 aromatic heterocycles. The number of rotatable bonds is 3. The summed E-state index contributed by atoms with van der Waals surface area (Å²) in [5.74, 6) is -0.655. The van der Waals surface area contributed by atoms with Crippen molar-refractivity contribution in [2.24, 2.45) is 0 Å². The fourth-order valence-electron chi connectivity index (χ4n) is 2.11. The Morgan fingerprint density at radius 1 is 1.48 bits per heavy atom. The first-order valence-corrected chi connectivity index (χ1v) is 6.07. The predicted octanol–water partition coefficient (Wildman–Crippen LogP) is 0.905. The van der Waals surface area contributed by atoms with Crippen molar-refractivity contribution in [2.75, 3.05) is 12.4 Å². The highest BCUT2D eigenvalue weighted by Gasteiger charge is 2.36. The van der Waals surface area contributed by atoms with Crippen LogP contribution in [0.15, 0.2) is 22.6 Å². The Morgan fingerprint density at radius 2 is 2.24 bits per heavy atom. The van der Waals surface area contributed by atoms with Gasteiger partial charge in [0.05, 0.1) is 11.3 Å². The first-order chi connectivity index (χ1) is 9.95. The fourth-order valence-corrected chi connectivity index (χ4v) is 2.11. The number of nitrogens with one attached hydrogen (secondary N) is 1. The Labute approximate surface area is 117 Å². The number of nitro groups is 1. The number of likely N-dealkylation sites (tertiary alicyclic amines) is 1. The average Bonchev–Trinajstić information content (AvgIpc) is 2.95. The van der Waals surface area contributed by atoms with E-state index in [1.807, 2.05) is 0 Å². The van der Waals surface area contributed by atoms with Crippen LogP contribution in [0.5, 0.6) is 0 Å². The van der Waals surface area contributed by atoms with Crippen LogP contribution in [0.2, 0.25) is 0 Å². The molecule has 2 heterocycles. The van der Waals surface area contributed by atoms with Crippen molar-refractivity contribution in [2.45, 2.75) is 12.5 Å². The summed E-state index contributed by atoms with van der Waals surface area (Å²) in [6, 6.07) is 3.32. The van der Waals surface area contributed by atoms with Gasteiger partial charge in [0.15, 0.2) is 5.58 Å². The minimum Gasteiger partial charge on any atom is -0.424 e. The van der Waals surface area contributed by atoms with E-state index in [1.165, 1.54) is 25.2 Å². The number of benzene rings is 1. The molecular formula is C12H10N4O5. The standard InChI is InChI=1S/C12H10N4O5/c1-15-10(17)5-8(11(15)18)14-12-13-7-4-6(16(19)20)2-3-9(7)21-12/h2-4,8H,5H2,1H3,(H,13,14). The van der Waals surface area contributed by atoms with Gasteiger partial charge in [-0.05, 0) is 6.07 Å². The number of imide groups is 1. The Morgan fingerprint density at radius 3 is 2.86 bits per heavy atom. The van der Waals surface area contributed by atoms with Crippen molar-refractivity contribution in [1.82, 2.24) is 9.88 Å². The van der Waals surface area contributed by atoms with Gasteiger partial charge in [-0.15, -0.1) is 0 Å². The van der Waals surface area contributed by atoms with Gasteiger partial charge in [-0.3, -0.25) is 24.6 Å². The first-order valence-electron chi connectivity index (χ1n) is 6.07. The lowest BCUT2D eigenvalue weighted by Crippen LogP contribution is -2.31. The van der Waals surface area contributed by atoms with Crippen LogP contribution in [0.4, 0.5) is 11.7 Å². The SMILES string of the molecule is CN1C(=O)CC(Nc2nc3cc([N+](=O)[O-])ccc3o2)C1=O. The molecule has 1 unspecified atom stereocenters. The molecule has 0 radical (unpaired) electrons. The fraction of sp³-hybridized carbons (Fsp3) is 0.250. The van der Waals surface area contributed by atoms with Crippen molar-refractivity contribution >= 4 is 34.6 Å². The molecule has 1 atom stereocenters. The second-order valence-electron chi connectivity index (χ2n) is 4.62. The van der Waals surface area contributed by atoms with E-state index in [9.17, 15) is 19.7 Å². The number of fused-ring (bicyclic) bond motifs is 1. The van der Waals surface area contributed by atoms with Gasteiger partial charge < -0.3 is 9.73 Å². The van der Waals surface area contributed by atoms with Gasteiger partial charge in [0.25, 0.3) is 17.6 Å². The van der Waals surface area contributed by atoms with Crippen LogP contribution in [-0.2, 0) is 9.59 Å². The van der Waals surface area contributed by atoms with Crippen molar-refractivity contribution in [3.8, 4) is 0 Å². The minimum absolute atomic E-state index is 0.0220. The highest BCUT2D eigenvalue weighted by Crippen LogP contribution is 2.25. The lowest BCUT2D eigenvalue weighted by molar-refractivity contribution is -0.384. The number of non-ortho nitro benzene ring substituents is 1. The van der Waals surface area contributed by atoms with Gasteiger partial charge in [0.2, 0.25) is 5.91 Å². The van der Waals surface area contributed by atoms with Crippen LogP contribution in [0.1, 0.15) is 6.42 Å². The summed E-state index contributed by atoms with van der Waals surface area (Å²) < 4.78 is 5.36. The zero-order chi connectivity index (χ0) is 15.1. The molecule has 1 saturated heterocycles. The van der Waals surface area contributed by atoms with Gasteiger partial charge in [-0.25, -0.2) is 0 Å². The summed E-state index contributed by atoms with van der Waals surface area (Å²) in [6.07, 6.45) is 0.0220. The van der Waals surface area contributed by atoms with E-state index in [-0.39, 0.29) is 29.9 Å². The number of nitrogens with zero attached hydrogens (tertiary/aromatic N) is 3. The van der Waals surface area contributed by atoms with Gasteiger partial charge in [-0.2, -0.15) is 4.98 Å². The number of aromatic nitrogens is 1. The highest BCUT2D eigenvalue weighted by atomic mass is 16.6. The molecule has 1 aliphatic rings. The maximum Gasteiger partial charge on any atom is 0.296 e. The number of likely N-dealkylation sites (N-methyl/N-ethyl adjacent to an activating group) is 1.